The predicted octanol–water partition coefficient (Wildman–Crippen LogP) is 2.36. The Labute approximate surface area is 174 Å². The highest BCUT2D eigenvalue weighted by molar-refractivity contribution is 7.08. The van der Waals surface area contributed by atoms with Crippen LogP contribution in [0.5, 0.6) is 0 Å². The van der Waals surface area contributed by atoms with Crippen molar-refractivity contribution in [2.45, 2.75) is 6.42 Å². The van der Waals surface area contributed by atoms with Crippen molar-refractivity contribution in [3.8, 4) is 0 Å². The molecule has 0 radical (unpaired) electrons. The van der Waals surface area contributed by atoms with E-state index < -0.39 is 0 Å². The van der Waals surface area contributed by atoms with Gasteiger partial charge in [-0.25, -0.2) is 0 Å². The van der Waals surface area contributed by atoms with Crippen LogP contribution in [0.3, 0.4) is 0 Å². The Balaban J connectivity index is 1.21. The highest BCUT2D eigenvalue weighted by Gasteiger charge is 2.22. The Bertz CT molecular complexity index is 988. The fraction of sp³-hybridized carbons (Fsp3) is 0.364. The van der Waals surface area contributed by atoms with Gasteiger partial charge in [0.15, 0.2) is 0 Å². The molecule has 4 rings (SSSR count). The number of nitrogens with zero attached hydrogens (tertiary/aromatic N) is 3. The van der Waals surface area contributed by atoms with Crippen molar-refractivity contribution in [1.29, 1.82) is 0 Å². The second-order valence-electron chi connectivity index (χ2n) is 7.45. The molecule has 7 heteroatoms. The lowest BCUT2D eigenvalue weighted by Crippen LogP contribution is -2.50. The zero-order valence-electron chi connectivity index (χ0n) is 16.6. The van der Waals surface area contributed by atoms with Gasteiger partial charge in [0.25, 0.3) is 5.91 Å². The highest BCUT2D eigenvalue weighted by Crippen LogP contribution is 2.20. The van der Waals surface area contributed by atoms with Crippen molar-refractivity contribution in [3.05, 3.63) is 58.4 Å². The summed E-state index contributed by atoms with van der Waals surface area (Å²) in [6.07, 6.45) is 2.43. The number of hydrogen-bond acceptors (Lipinski definition) is 4. The van der Waals surface area contributed by atoms with Gasteiger partial charge in [-0.05, 0) is 23.1 Å². The van der Waals surface area contributed by atoms with E-state index in [1.165, 1.54) is 0 Å². The third-order valence-corrected chi connectivity index (χ3v) is 6.19. The fourth-order valence-corrected chi connectivity index (χ4v) is 4.53. The van der Waals surface area contributed by atoms with E-state index in [0.717, 1.165) is 54.8 Å². The van der Waals surface area contributed by atoms with Crippen molar-refractivity contribution in [2.75, 3.05) is 39.3 Å². The summed E-state index contributed by atoms with van der Waals surface area (Å²) < 4.78 is 2.06. The third kappa shape index (κ3) is 4.52. The number of thiophene rings is 1. The molecule has 3 heterocycles. The minimum absolute atomic E-state index is 0.0487. The molecule has 1 saturated heterocycles. The van der Waals surface area contributed by atoms with E-state index in [2.05, 4.69) is 26.9 Å². The number of hydrogen-bond donors (Lipinski definition) is 1. The number of carbonyl (C=O) groups excluding carboxylic acids is 2. The van der Waals surface area contributed by atoms with Crippen molar-refractivity contribution >= 4 is 34.1 Å². The topological polar surface area (TPSA) is 57.6 Å². The number of carbonyl (C=O) groups is 2. The molecule has 0 saturated carbocycles. The van der Waals surface area contributed by atoms with Crippen LogP contribution in [0.4, 0.5) is 0 Å². The Morgan fingerprint density at radius 2 is 1.90 bits per heavy atom. The molecule has 1 aromatic carbocycles. The van der Waals surface area contributed by atoms with Gasteiger partial charge >= 0.3 is 0 Å². The van der Waals surface area contributed by atoms with Crippen molar-refractivity contribution in [1.82, 2.24) is 19.7 Å². The molecule has 0 bridgehead atoms. The molecule has 1 fully saturated rings. The summed E-state index contributed by atoms with van der Waals surface area (Å²) in [6, 6.07) is 10.0. The van der Waals surface area contributed by atoms with Gasteiger partial charge in [0.2, 0.25) is 5.91 Å². The number of benzene rings is 1. The number of aryl methyl sites for hydroxylation is 1. The normalized spacial score (nSPS) is 15.0. The zero-order valence-corrected chi connectivity index (χ0v) is 17.5. The Kier molecular flexibility index (Phi) is 5.97. The summed E-state index contributed by atoms with van der Waals surface area (Å²) in [5.41, 5.74) is 2.98. The standard InChI is InChI=1S/C22H26N4O2S/c1-24-15-18(19-4-2-3-5-20(19)24)14-21(27)23-7-8-25-9-11-26(12-10-25)22(28)17-6-13-29-16-17/h2-6,13,15-16H,7-12,14H2,1H3,(H,23,27). The maximum Gasteiger partial charge on any atom is 0.254 e. The Morgan fingerprint density at radius 1 is 1.10 bits per heavy atom. The zero-order chi connectivity index (χ0) is 20.2. The van der Waals surface area contributed by atoms with E-state index in [0.29, 0.717) is 13.0 Å². The van der Waals surface area contributed by atoms with Gasteiger partial charge < -0.3 is 14.8 Å². The van der Waals surface area contributed by atoms with Gasteiger partial charge in [-0.15, -0.1) is 0 Å². The molecule has 1 aliphatic heterocycles. The summed E-state index contributed by atoms with van der Waals surface area (Å²) in [5.74, 6) is 0.168. The maximum atomic E-state index is 12.4. The Morgan fingerprint density at radius 3 is 2.66 bits per heavy atom. The molecular formula is C22H26N4O2S. The smallest absolute Gasteiger partial charge is 0.254 e. The van der Waals surface area contributed by atoms with Crippen LogP contribution in [0.15, 0.2) is 47.3 Å². The maximum absolute atomic E-state index is 12.4. The molecule has 152 valence electrons. The summed E-state index contributed by atoms with van der Waals surface area (Å²) >= 11 is 1.55. The number of fused-ring (bicyclic) bond motifs is 1. The number of rotatable bonds is 6. The lowest BCUT2D eigenvalue weighted by atomic mass is 10.1. The second kappa shape index (κ2) is 8.80. The number of nitrogens with one attached hydrogen (secondary N) is 1. The van der Waals surface area contributed by atoms with Gasteiger partial charge in [0.1, 0.15) is 0 Å². The molecule has 0 spiro atoms. The van der Waals surface area contributed by atoms with Gasteiger partial charge in [-0.2, -0.15) is 11.3 Å². The predicted molar refractivity (Wildman–Crippen MR) is 116 cm³/mol. The fourth-order valence-electron chi connectivity index (χ4n) is 3.90. The summed E-state index contributed by atoms with van der Waals surface area (Å²) in [6.45, 7) is 4.59. The van der Waals surface area contributed by atoms with Gasteiger partial charge in [0, 0.05) is 68.8 Å². The molecule has 29 heavy (non-hydrogen) atoms. The van der Waals surface area contributed by atoms with Gasteiger partial charge in [-0.3, -0.25) is 14.5 Å². The quantitative estimate of drug-likeness (QED) is 0.679. The first-order valence-corrected chi connectivity index (χ1v) is 10.9. The van der Waals surface area contributed by atoms with Crippen LogP contribution in [0.25, 0.3) is 10.9 Å². The summed E-state index contributed by atoms with van der Waals surface area (Å²) in [7, 11) is 2.01. The Hall–Kier alpha value is -2.64. The average molecular weight is 411 g/mol. The molecular weight excluding hydrogens is 384 g/mol. The highest BCUT2D eigenvalue weighted by atomic mass is 32.1. The van der Waals surface area contributed by atoms with Crippen LogP contribution in [-0.4, -0.2) is 65.4 Å². The molecule has 1 N–H and O–H groups in total. The van der Waals surface area contributed by atoms with E-state index >= 15 is 0 Å². The van der Waals surface area contributed by atoms with Crippen molar-refractivity contribution < 1.29 is 9.59 Å². The average Bonchev–Trinajstić information content (AvgIpc) is 3.37. The van der Waals surface area contributed by atoms with Crippen LogP contribution in [0.1, 0.15) is 15.9 Å². The molecule has 6 nitrogen and oxygen atoms in total. The first kappa shape index (κ1) is 19.7. The van der Waals surface area contributed by atoms with Crippen LogP contribution < -0.4 is 5.32 Å². The molecule has 1 aliphatic rings. The monoisotopic (exact) mass is 410 g/mol. The second-order valence-corrected chi connectivity index (χ2v) is 8.24. The number of aromatic nitrogens is 1. The third-order valence-electron chi connectivity index (χ3n) is 5.51. The summed E-state index contributed by atoms with van der Waals surface area (Å²) in [5, 5.41) is 8.01. The SMILES string of the molecule is Cn1cc(CC(=O)NCCN2CCN(C(=O)c3ccsc3)CC2)c2ccccc21. The molecule has 3 aromatic rings. The number of para-hydroxylation sites is 1. The van der Waals surface area contributed by atoms with Crippen LogP contribution in [0, 0.1) is 0 Å². The molecule has 2 aromatic heterocycles. The molecule has 2 amide bonds. The van der Waals surface area contributed by atoms with Crippen molar-refractivity contribution in [2.24, 2.45) is 7.05 Å². The number of piperazine rings is 1. The molecule has 0 unspecified atom stereocenters. The first-order chi connectivity index (χ1) is 14.1. The molecule has 0 atom stereocenters. The number of amides is 2. The van der Waals surface area contributed by atoms with Crippen LogP contribution in [0.2, 0.25) is 0 Å². The van der Waals surface area contributed by atoms with Crippen LogP contribution in [-0.2, 0) is 18.3 Å². The lowest BCUT2D eigenvalue weighted by molar-refractivity contribution is -0.120. The minimum atomic E-state index is 0.0487. The van der Waals surface area contributed by atoms with Crippen molar-refractivity contribution in [3.63, 3.8) is 0 Å². The minimum Gasteiger partial charge on any atom is -0.355 e. The van der Waals surface area contributed by atoms with Gasteiger partial charge in [0.05, 0.1) is 12.0 Å². The summed E-state index contributed by atoms with van der Waals surface area (Å²) in [4.78, 5) is 29.0. The largest absolute Gasteiger partial charge is 0.355 e. The van der Waals surface area contributed by atoms with E-state index in [1.807, 2.05) is 47.1 Å². The van der Waals surface area contributed by atoms with E-state index in [4.69, 9.17) is 0 Å². The van der Waals surface area contributed by atoms with Gasteiger partial charge in [-0.1, -0.05) is 18.2 Å². The van der Waals surface area contributed by atoms with Crippen LogP contribution >= 0.6 is 11.3 Å². The first-order valence-electron chi connectivity index (χ1n) is 9.95. The molecule has 0 aliphatic carbocycles. The van der Waals surface area contributed by atoms with E-state index in [1.54, 1.807) is 11.3 Å². The van der Waals surface area contributed by atoms with E-state index in [-0.39, 0.29) is 11.8 Å². The van der Waals surface area contributed by atoms with E-state index in [9.17, 15) is 9.59 Å². The lowest BCUT2D eigenvalue weighted by Gasteiger charge is -2.34.